The maximum atomic E-state index is 12.3. The van der Waals surface area contributed by atoms with Crippen LogP contribution in [0.2, 0.25) is 0 Å². The van der Waals surface area contributed by atoms with Gasteiger partial charge >= 0.3 is 0 Å². The Kier molecular flexibility index (Phi) is 3.38. The van der Waals surface area contributed by atoms with Crippen LogP contribution in [0.4, 0.5) is 0 Å². The van der Waals surface area contributed by atoms with E-state index in [0.717, 1.165) is 24.4 Å². The van der Waals surface area contributed by atoms with Crippen LogP contribution in [-0.4, -0.2) is 40.1 Å². The predicted molar refractivity (Wildman–Crippen MR) is 64.6 cm³/mol. The van der Waals surface area contributed by atoms with E-state index in [4.69, 9.17) is 5.73 Å². The van der Waals surface area contributed by atoms with Crippen molar-refractivity contribution in [3.63, 3.8) is 0 Å². The second kappa shape index (κ2) is 4.79. The fraction of sp³-hybridized carbons (Fsp3) is 0.583. The van der Waals surface area contributed by atoms with Crippen LogP contribution in [0.1, 0.15) is 35.1 Å². The number of carbonyl (C=O) groups excluding carboxylic acids is 1. The highest BCUT2D eigenvalue weighted by Crippen LogP contribution is 2.15. The Morgan fingerprint density at radius 3 is 2.94 bits per heavy atom. The van der Waals surface area contributed by atoms with Crippen molar-refractivity contribution in [1.82, 2.24) is 15.1 Å². The van der Waals surface area contributed by atoms with Crippen molar-refractivity contribution in [2.24, 2.45) is 5.73 Å². The Bertz CT molecular complexity index is 433. The molecule has 1 atom stereocenters. The topological polar surface area (TPSA) is 72.1 Å². The number of carbonyl (C=O) groups is 1. The van der Waals surface area contributed by atoms with Gasteiger partial charge < -0.3 is 10.6 Å². The zero-order valence-electron chi connectivity index (χ0n) is 10.3. The Labute approximate surface area is 101 Å². The average molecular weight is 234 g/mol. The lowest BCUT2D eigenvalue weighted by atomic mass is 10.1. The van der Waals surface area contributed by atoms with Crippen LogP contribution in [0.5, 0.6) is 0 Å². The van der Waals surface area contributed by atoms with E-state index in [9.17, 15) is 4.79 Å². The normalized spacial score (nSPS) is 19.7. The first kappa shape index (κ1) is 12.0. The number of aryl methyl sites for hydroxylation is 2. The van der Waals surface area contributed by atoms with Crippen LogP contribution in [-0.2, 0) is 6.42 Å². The number of aromatic nitrogens is 2. The molecule has 1 saturated heterocycles. The molecule has 1 aliphatic rings. The SMILES string of the molecule is CCc1nnc(C)cc1C(=O)N1CCC(N)C1. The monoisotopic (exact) mass is 234 g/mol. The molecule has 1 amide bonds. The van der Waals surface area contributed by atoms with Gasteiger partial charge in [-0.2, -0.15) is 10.2 Å². The molecule has 2 N–H and O–H groups in total. The second-order valence-electron chi connectivity index (χ2n) is 4.50. The van der Waals surface area contributed by atoms with E-state index in [1.807, 2.05) is 19.9 Å². The molecule has 17 heavy (non-hydrogen) atoms. The molecule has 1 aromatic rings. The zero-order valence-corrected chi connectivity index (χ0v) is 10.3. The predicted octanol–water partition coefficient (Wildman–Crippen LogP) is 0.521. The largest absolute Gasteiger partial charge is 0.337 e. The molecule has 2 heterocycles. The first-order valence-electron chi connectivity index (χ1n) is 6.00. The molecule has 1 aromatic heterocycles. The van der Waals surface area contributed by atoms with Gasteiger partial charge in [-0.1, -0.05) is 6.92 Å². The molecule has 5 heteroatoms. The Balaban J connectivity index is 2.26. The fourth-order valence-corrected chi connectivity index (χ4v) is 2.10. The molecule has 0 spiro atoms. The summed E-state index contributed by atoms with van der Waals surface area (Å²) in [6.45, 7) is 5.21. The third-order valence-electron chi connectivity index (χ3n) is 3.07. The van der Waals surface area contributed by atoms with Gasteiger partial charge in [0, 0.05) is 19.1 Å². The van der Waals surface area contributed by atoms with Gasteiger partial charge in [0.2, 0.25) is 0 Å². The van der Waals surface area contributed by atoms with Crippen molar-refractivity contribution >= 4 is 5.91 Å². The summed E-state index contributed by atoms with van der Waals surface area (Å²) in [5.74, 6) is 0.0350. The fourth-order valence-electron chi connectivity index (χ4n) is 2.10. The van der Waals surface area contributed by atoms with E-state index in [0.29, 0.717) is 18.5 Å². The van der Waals surface area contributed by atoms with Gasteiger partial charge in [0.05, 0.1) is 17.0 Å². The van der Waals surface area contributed by atoms with Crippen LogP contribution < -0.4 is 5.73 Å². The van der Waals surface area contributed by atoms with E-state index < -0.39 is 0 Å². The van der Waals surface area contributed by atoms with Crippen molar-refractivity contribution in [1.29, 1.82) is 0 Å². The minimum Gasteiger partial charge on any atom is -0.337 e. The maximum absolute atomic E-state index is 12.3. The number of hydrogen-bond donors (Lipinski definition) is 1. The van der Waals surface area contributed by atoms with Crippen molar-refractivity contribution in [3.05, 3.63) is 23.0 Å². The molecule has 0 radical (unpaired) electrons. The van der Waals surface area contributed by atoms with Gasteiger partial charge in [-0.25, -0.2) is 0 Å². The number of nitrogens with two attached hydrogens (primary N) is 1. The molecular formula is C12H18N4O. The first-order chi connectivity index (χ1) is 8.11. The summed E-state index contributed by atoms with van der Waals surface area (Å²) in [4.78, 5) is 14.1. The van der Waals surface area contributed by atoms with Crippen LogP contribution in [0, 0.1) is 6.92 Å². The molecule has 0 saturated carbocycles. The third kappa shape index (κ3) is 2.44. The van der Waals surface area contributed by atoms with Gasteiger partial charge in [-0.3, -0.25) is 4.79 Å². The molecule has 0 aliphatic carbocycles. The lowest BCUT2D eigenvalue weighted by molar-refractivity contribution is 0.0789. The molecule has 92 valence electrons. The highest BCUT2D eigenvalue weighted by molar-refractivity contribution is 5.95. The van der Waals surface area contributed by atoms with Gasteiger partial charge in [-0.05, 0) is 25.8 Å². The summed E-state index contributed by atoms with van der Waals surface area (Å²) in [6, 6.07) is 1.93. The van der Waals surface area contributed by atoms with Crippen LogP contribution >= 0.6 is 0 Å². The lowest BCUT2D eigenvalue weighted by Crippen LogP contribution is -2.32. The summed E-state index contributed by atoms with van der Waals surface area (Å²) in [7, 11) is 0. The van der Waals surface area contributed by atoms with E-state index >= 15 is 0 Å². The first-order valence-corrected chi connectivity index (χ1v) is 6.00. The van der Waals surface area contributed by atoms with Gasteiger partial charge in [0.25, 0.3) is 5.91 Å². The van der Waals surface area contributed by atoms with E-state index in [-0.39, 0.29) is 11.9 Å². The number of rotatable bonds is 2. The summed E-state index contributed by atoms with van der Waals surface area (Å²) in [5.41, 5.74) is 8.03. The number of likely N-dealkylation sites (tertiary alicyclic amines) is 1. The van der Waals surface area contributed by atoms with Gasteiger partial charge in [-0.15, -0.1) is 0 Å². The van der Waals surface area contributed by atoms with Crippen molar-refractivity contribution in [2.45, 2.75) is 32.7 Å². The minimum atomic E-state index is 0.0350. The summed E-state index contributed by atoms with van der Waals surface area (Å²) in [5, 5.41) is 8.07. The molecule has 0 aromatic carbocycles. The van der Waals surface area contributed by atoms with E-state index in [2.05, 4.69) is 10.2 Å². The summed E-state index contributed by atoms with van der Waals surface area (Å²) < 4.78 is 0. The summed E-state index contributed by atoms with van der Waals surface area (Å²) >= 11 is 0. The highest BCUT2D eigenvalue weighted by atomic mass is 16.2. The molecule has 1 aliphatic heterocycles. The van der Waals surface area contributed by atoms with Crippen molar-refractivity contribution in [2.75, 3.05) is 13.1 Å². The molecule has 1 fully saturated rings. The smallest absolute Gasteiger partial charge is 0.255 e. The Hall–Kier alpha value is -1.49. The zero-order chi connectivity index (χ0) is 12.4. The van der Waals surface area contributed by atoms with Gasteiger partial charge in [0.15, 0.2) is 0 Å². The lowest BCUT2D eigenvalue weighted by Gasteiger charge is -2.17. The number of hydrogen-bond acceptors (Lipinski definition) is 4. The molecule has 2 rings (SSSR count). The Morgan fingerprint density at radius 2 is 2.35 bits per heavy atom. The van der Waals surface area contributed by atoms with Crippen LogP contribution in [0.3, 0.4) is 0 Å². The number of amides is 1. The summed E-state index contributed by atoms with van der Waals surface area (Å²) in [6.07, 6.45) is 1.60. The van der Waals surface area contributed by atoms with Crippen LogP contribution in [0.25, 0.3) is 0 Å². The van der Waals surface area contributed by atoms with Crippen LogP contribution in [0.15, 0.2) is 6.07 Å². The molecule has 1 unspecified atom stereocenters. The number of nitrogens with zero attached hydrogens (tertiary/aromatic N) is 3. The Morgan fingerprint density at radius 1 is 1.59 bits per heavy atom. The second-order valence-corrected chi connectivity index (χ2v) is 4.50. The minimum absolute atomic E-state index is 0.0350. The third-order valence-corrected chi connectivity index (χ3v) is 3.07. The van der Waals surface area contributed by atoms with Gasteiger partial charge in [0.1, 0.15) is 0 Å². The van der Waals surface area contributed by atoms with E-state index in [1.165, 1.54) is 0 Å². The quantitative estimate of drug-likeness (QED) is 0.809. The molecule has 0 bridgehead atoms. The molecular weight excluding hydrogens is 216 g/mol. The standard InChI is InChI=1S/C12H18N4O/c1-3-11-10(6-8(2)14-15-11)12(17)16-5-4-9(13)7-16/h6,9H,3-5,7,13H2,1-2H3. The van der Waals surface area contributed by atoms with Crippen molar-refractivity contribution in [3.8, 4) is 0 Å². The average Bonchev–Trinajstić information content (AvgIpc) is 2.75. The van der Waals surface area contributed by atoms with Crippen molar-refractivity contribution < 1.29 is 4.79 Å². The molecule has 5 nitrogen and oxygen atoms in total. The van der Waals surface area contributed by atoms with E-state index in [1.54, 1.807) is 4.90 Å². The maximum Gasteiger partial charge on any atom is 0.255 e. The highest BCUT2D eigenvalue weighted by Gasteiger charge is 2.26.